The predicted molar refractivity (Wildman–Crippen MR) is 156 cm³/mol. The van der Waals surface area contributed by atoms with Gasteiger partial charge in [-0.3, -0.25) is 23.8 Å². The Kier molecular flexibility index (Phi) is 9.76. The number of alkyl halides is 3. The number of amides is 3. The summed E-state index contributed by atoms with van der Waals surface area (Å²) in [6, 6.07) is 2.49. The minimum atomic E-state index is -4.66. The van der Waals surface area contributed by atoms with Gasteiger partial charge in [-0.15, -0.1) is 0 Å². The molecule has 4 N–H and O–H groups in total. The third kappa shape index (κ3) is 8.57. The van der Waals surface area contributed by atoms with Gasteiger partial charge < -0.3 is 16.0 Å². The molecule has 2 aromatic rings. The summed E-state index contributed by atoms with van der Waals surface area (Å²) in [7, 11) is -3.25. The summed E-state index contributed by atoms with van der Waals surface area (Å²) in [6.45, 7) is 3.41. The van der Waals surface area contributed by atoms with E-state index in [1.54, 1.807) is 11.4 Å². The Bertz CT molecular complexity index is 1500. The molecule has 44 heavy (non-hydrogen) atoms. The fourth-order valence-corrected chi connectivity index (χ4v) is 6.44. The molecule has 1 aromatic heterocycles. The first-order valence-electron chi connectivity index (χ1n) is 14.5. The second-order valence-corrected chi connectivity index (χ2v) is 14.5. The molecule has 3 atom stereocenters. The third-order valence-electron chi connectivity index (χ3n) is 7.92. The van der Waals surface area contributed by atoms with Crippen molar-refractivity contribution in [2.24, 2.45) is 17.8 Å². The molecule has 2 fully saturated rings. The number of hydrogen-bond donors (Lipinski definition) is 4. The standard InChI is InChI=1S/C29H38F4N6O4S/c1-15(2)39-23(9-10-36-39)27(41)38-25(24(17-5-6-17)18-7-8-18)28(42)37-22-11-19(13-44(4,34)43)20(12-21(22)30)16(3)26(40)35-14-29(31,32)33/h9-12,15-18,24-25,34H,5-8,13-14H2,1-4H3,(H,35,40)(H,37,42)(H,38,41)/t16?,25-,44?/m0/s1. The second-order valence-electron chi connectivity index (χ2n) is 12.2. The Morgan fingerprint density at radius 3 is 2.23 bits per heavy atom. The zero-order chi connectivity index (χ0) is 32.6. The molecule has 3 amide bonds. The van der Waals surface area contributed by atoms with E-state index in [-0.39, 0.29) is 46.3 Å². The maximum Gasteiger partial charge on any atom is 0.405 e. The molecule has 2 aliphatic rings. The zero-order valence-electron chi connectivity index (χ0n) is 25.0. The number of carbonyl (C=O) groups is 3. The summed E-state index contributed by atoms with van der Waals surface area (Å²) in [5, 5.41) is 11.4. The molecule has 15 heteroatoms. The molecular weight excluding hydrogens is 604 g/mol. The quantitative estimate of drug-likeness (QED) is 0.233. The van der Waals surface area contributed by atoms with E-state index >= 15 is 4.39 Å². The summed E-state index contributed by atoms with van der Waals surface area (Å²) in [5.41, 5.74) is -0.0344. The van der Waals surface area contributed by atoms with Gasteiger partial charge in [-0.05, 0) is 93.5 Å². The zero-order valence-corrected chi connectivity index (χ0v) is 25.8. The van der Waals surface area contributed by atoms with Gasteiger partial charge in [0.2, 0.25) is 11.8 Å². The highest BCUT2D eigenvalue weighted by atomic mass is 32.2. The van der Waals surface area contributed by atoms with Crippen LogP contribution in [-0.2, 0) is 25.1 Å². The van der Waals surface area contributed by atoms with Gasteiger partial charge in [0, 0.05) is 28.2 Å². The van der Waals surface area contributed by atoms with Gasteiger partial charge >= 0.3 is 6.18 Å². The molecule has 242 valence electrons. The van der Waals surface area contributed by atoms with Crippen LogP contribution in [0.25, 0.3) is 0 Å². The summed E-state index contributed by atoms with van der Waals surface area (Å²) in [5.74, 6) is -4.61. The molecule has 0 aliphatic heterocycles. The first-order chi connectivity index (χ1) is 20.4. The molecule has 2 unspecified atom stereocenters. The molecule has 2 aliphatic carbocycles. The lowest BCUT2D eigenvalue weighted by Gasteiger charge is -2.28. The van der Waals surface area contributed by atoms with E-state index in [2.05, 4.69) is 15.7 Å². The number of anilines is 1. The highest BCUT2D eigenvalue weighted by Gasteiger charge is 2.48. The first-order valence-corrected chi connectivity index (χ1v) is 16.6. The monoisotopic (exact) mass is 642 g/mol. The van der Waals surface area contributed by atoms with E-state index in [9.17, 15) is 31.8 Å². The van der Waals surface area contributed by atoms with E-state index in [1.165, 1.54) is 17.8 Å². The molecule has 0 radical (unpaired) electrons. The molecule has 2 saturated carbocycles. The van der Waals surface area contributed by atoms with Crippen LogP contribution >= 0.6 is 0 Å². The average molecular weight is 643 g/mol. The van der Waals surface area contributed by atoms with Crippen molar-refractivity contribution in [2.75, 3.05) is 18.1 Å². The number of benzene rings is 1. The summed E-state index contributed by atoms with van der Waals surface area (Å²) in [6.07, 6.45) is 1.58. The first kappa shape index (κ1) is 33.4. The Labute approximate surface area is 253 Å². The number of aromatic nitrogens is 2. The van der Waals surface area contributed by atoms with E-state index in [4.69, 9.17) is 4.78 Å². The van der Waals surface area contributed by atoms with Crippen LogP contribution in [0, 0.1) is 28.4 Å². The largest absolute Gasteiger partial charge is 0.405 e. The molecule has 0 spiro atoms. The maximum absolute atomic E-state index is 15.5. The van der Waals surface area contributed by atoms with Crippen LogP contribution in [0.4, 0.5) is 23.2 Å². The Hall–Kier alpha value is -3.49. The molecule has 4 rings (SSSR count). The maximum atomic E-state index is 15.5. The van der Waals surface area contributed by atoms with Gasteiger partial charge in [-0.1, -0.05) is 0 Å². The molecule has 0 saturated heterocycles. The average Bonchev–Trinajstić information content (AvgIpc) is 3.86. The Morgan fingerprint density at radius 2 is 1.70 bits per heavy atom. The van der Waals surface area contributed by atoms with Crippen molar-refractivity contribution in [2.45, 2.75) is 76.4 Å². The van der Waals surface area contributed by atoms with Crippen LogP contribution in [0.1, 0.15) is 80.0 Å². The SMILES string of the molecule is CC(C(=O)NCC(F)(F)F)c1cc(F)c(NC(=O)[C@@H](NC(=O)c2ccnn2C(C)C)C(C2CC2)C2CC2)cc1CS(C)(=N)=O. The van der Waals surface area contributed by atoms with Crippen LogP contribution in [0.3, 0.4) is 0 Å². The molecule has 1 heterocycles. The lowest BCUT2D eigenvalue weighted by Crippen LogP contribution is -2.50. The van der Waals surface area contributed by atoms with Gasteiger partial charge in [0.15, 0.2) is 0 Å². The molecular formula is C29H38F4N6O4S. The lowest BCUT2D eigenvalue weighted by atomic mass is 9.88. The van der Waals surface area contributed by atoms with Crippen molar-refractivity contribution < 1.29 is 36.2 Å². The molecule has 1 aromatic carbocycles. The van der Waals surface area contributed by atoms with Gasteiger partial charge in [0.25, 0.3) is 5.91 Å². The number of carbonyl (C=O) groups excluding carboxylic acids is 3. The van der Waals surface area contributed by atoms with Gasteiger partial charge in [-0.2, -0.15) is 18.3 Å². The van der Waals surface area contributed by atoms with E-state index in [0.717, 1.165) is 44.1 Å². The number of rotatable bonds is 13. The van der Waals surface area contributed by atoms with Crippen molar-refractivity contribution in [1.82, 2.24) is 20.4 Å². The number of halogens is 4. The van der Waals surface area contributed by atoms with Crippen molar-refractivity contribution in [3.63, 3.8) is 0 Å². The van der Waals surface area contributed by atoms with E-state index in [1.807, 2.05) is 13.8 Å². The van der Waals surface area contributed by atoms with Crippen molar-refractivity contribution in [1.29, 1.82) is 4.78 Å². The Morgan fingerprint density at radius 1 is 1.09 bits per heavy atom. The Balaban J connectivity index is 1.64. The van der Waals surface area contributed by atoms with Crippen LogP contribution in [0.5, 0.6) is 0 Å². The van der Waals surface area contributed by atoms with E-state index in [0.29, 0.717) is 0 Å². The van der Waals surface area contributed by atoms with E-state index < -0.39 is 63.7 Å². The molecule has 10 nitrogen and oxygen atoms in total. The highest BCUT2D eigenvalue weighted by molar-refractivity contribution is 7.90. The number of nitrogens with zero attached hydrogens (tertiary/aromatic N) is 2. The van der Waals surface area contributed by atoms with Gasteiger partial charge in [0.05, 0.1) is 17.4 Å². The number of nitrogens with one attached hydrogen (secondary N) is 4. The van der Waals surface area contributed by atoms with Crippen LogP contribution in [0.15, 0.2) is 24.4 Å². The van der Waals surface area contributed by atoms with Crippen molar-refractivity contribution >= 4 is 33.1 Å². The minimum Gasteiger partial charge on any atom is -0.346 e. The molecule has 0 bridgehead atoms. The van der Waals surface area contributed by atoms with Crippen LogP contribution in [-0.4, -0.2) is 56.7 Å². The van der Waals surface area contributed by atoms with Crippen molar-refractivity contribution in [3.8, 4) is 0 Å². The van der Waals surface area contributed by atoms with Crippen LogP contribution < -0.4 is 16.0 Å². The summed E-state index contributed by atoms with van der Waals surface area (Å²) in [4.78, 5) is 39.7. The highest BCUT2D eigenvalue weighted by Crippen LogP contribution is 2.51. The third-order valence-corrected chi connectivity index (χ3v) is 8.78. The topological polar surface area (TPSA) is 146 Å². The summed E-state index contributed by atoms with van der Waals surface area (Å²) >= 11 is 0. The smallest absolute Gasteiger partial charge is 0.346 e. The number of hydrogen-bond acceptors (Lipinski definition) is 6. The summed E-state index contributed by atoms with van der Waals surface area (Å²) < 4.78 is 75.4. The van der Waals surface area contributed by atoms with Crippen molar-refractivity contribution in [3.05, 3.63) is 47.0 Å². The fraction of sp³-hybridized carbons (Fsp3) is 0.586. The second kappa shape index (κ2) is 12.9. The fourth-order valence-electron chi connectivity index (χ4n) is 5.60. The predicted octanol–water partition coefficient (Wildman–Crippen LogP) is 4.73. The minimum absolute atomic E-state index is 0.0531. The van der Waals surface area contributed by atoms with Crippen LogP contribution in [0.2, 0.25) is 0 Å². The van der Waals surface area contributed by atoms with Gasteiger partial charge in [0.1, 0.15) is 24.1 Å². The van der Waals surface area contributed by atoms with Gasteiger partial charge in [-0.25, -0.2) is 8.60 Å². The normalized spacial score (nSPS) is 18.0. The lowest BCUT2D eigenvalue weighted by molar-refractivity contribution is -0.139.